The Balaban J connectivity index is 1.26. The van der Waals surface area contributed by atoms with E-state index in [9.17, 15) is 27.6 Å². The van der Waals surface area contributed by atoms with E-state index >= 15 is 0 Å². The maximum atomic E-state index is 14.9. The number of benzene rings is 1. The molecule has 1 aromatic heterocycles. The summed E-state index contributed by atoms with van der Waals surface area (Å²) in [6.45, 7) is 7.98. The molecule has 4 fully saturated rings. The number of rotatable bonds is 9. The fourth-order valence-corrected chi connectivity index (χ4v) is 10.1. The quantitative estimate of drug-likeness (QED) is 0.306. The number of amides is 4. The van der Waals surface area contributed by atoms with Crippen LogP contribution in [0.25, 0.3) is 10.9 Å². The molecular formula is C41H55N5O10S. The summed E-state index contributed by atoms with van der Waals surface area (Å²) in [5.74, 6) is -1.24. The molecule has 4 bridgehead atoms. The van der Waals surface area contributed by atoms with Gasteiger partial charge in [-0.1, -0.05) is 39.2 Å². The van der Waals surface area contributed by atoms with Gasteiger partial charge in [0.05, 0.1) is 38.1 Å². The molecule has 3 heterocycles. The molecule has 7 rings (SSSR count). The van der Waals surface area contributed by atoms with E-state index in [4.69, 9.17) is 18.9 Å². The molecule has 2 aromatic rings. The van der Waals surface area contributed by atoms with Crippen molar-refractivity contribution >= 4 is 44.7 Å². The van der Waals surface area contributed by atoms with Crippen LogP contribution in [0.4, 0.5) is 4.79 Å². The average Bonchev–Trinajstić information content (AvgIpc) is 4.12. The highest BCUT2D eigenvalue weighted by molar-refractivity contribution is 7.91. The second-order valence-corrected chi connectivity index (χ2v) is 19.1. The Kier molecular flexibility index (Phi) is 11.4. The van der Waals surface area contributed by atoms with Crippen molar-refractivity contribution in [2.45, 2.75) is 120 Å². The van der Waals surface area contributed by atoms with Gasteiger partial charge in [-0.25, -0.2) is 18.2 Å². The Hall–Kier alpha value is -4.60. The number of cyclic esters (lactones) is 1. The first-order valence-electron chi connectivity index (χ1n) is 20.1. The molecule has 3 saturated carbocycles. The normalized spacial score (nSPS) is 28.2. The van der Waals surface area contributed by atoms with E-state index < -0.39 is 68.7 Å². The second kappa shape index (κ2) is 16.0. The number of nitrogens with zero attached hydrogens (tertiary/aromatic N) is 2. The number of hydrogen-bond acceptors (Lipinski definition) is 11. The Morgan fingerprint density at radius 3 is 2.47 bits per heavy atom. The van der Waals surface area contributed by atoms with Gasteiger partial charge < -0.3 is 34.5 Å². The average molecular weight is 810 g/mol. The highest BCUT2D eigenvalue weighted by Gasteiger charge is 2.62. The van der Waals surface area contributed by atoms with Crippen LogP contribution in [0.3, 0.4) is 0 Å². The van der Waals surface area contributed by atoms with Gasteiger partial charge in [-0.05, 0) is 74.3 Å². The molecule has 5 aliphatic rings. The molecule has 16 heteroatoms. The van der Waals surface area contributed by atoms with Crippen LogP contribution in [-0.2, 0) is 35.6 Å². The summed E-state index contributed by atoms with van der Waals surface area (Å²) in [5, 5.41) is 5.81. The fourth-order valence-electron chi connectivity index (χ4n) is 8.69. The van der Waals surface area contributed by atoms with E-state index in [-0.39, 0.29) is 37.3 Å². The molecule has 0 spiro atoms. The van der Waals surface area contributed by atoms with Crippen LogP contribution in [0, 0.1) is 17.3 Å². The van der Waals surface area contributed by atoms with Crippen molar-refractivity contribution in [3.05, 3.63) is 36.4 Å². The fraction of sp³-hybridized carbons (Fsp3) is 0.634. The minimum absolute atomic E-state index is 0.0147. The molecule has 15 nitrogen and oxygen atoms in total. The lowest BCUT2D eigenvalue weighted by atomic mass is 9.83. The molecule has 0 unspecified atom stereocenters. The van der Waals surface area contributed by atoms with Gasteiger partial charge in [0, 0.05) is 29.9 Å². The number of aryl methyl sites for hydroxylation is 1. The highest BCUT2D eigenvalue weighted by atomic mass is 32.2. The van der Waals surface area contributed by atoms with Gasteiger partial charge in [0.15, 0.2) is 0 Å². The summed E-state index contributed by atoms with van der Waals surface area (Å²) in [5.41, 5.74) is -0.422. The molecule has 1 aromatic carbocycles. The number of carbonyl (C=O) groups is 4. The number of hydrogen-bond donors (Lipinski definition) is 3. The Morgan fingerprint density at radius 1 is 1.05 bits per heavy atom. The summed E-state index contributed by atoms with van der Waals surface area (Å²) in [4.78, 5) is 62.6. The van der Waals surface area contributed by atoms with Crippen molar-refractivity contribution < 1.29 is 46.5 Å². The van der Waals surface area contributed by atoms with Gasteiger partial charge in [0.2, 0.25) is 27.7 Å². The molecule has 4 amide bonds. The number of alkyl carbamates (subject to hydrolysis) is 1. The first-order chi connectivity index (χ1) is 27.2. The zero-order valence-corrected chi connectivity index (χ0v) is 34.1. The van der Waals surface area contributed by atoms with Crippen molar-refractivity contribution in [1.82, 2.24) is 25.2 Å². The lowest BCUT2D eigenvalue weighted by Crippen LogP contribution is -2.59. The van der Waals surface area contributed by atoms with Crippen LogP contribution in [0.5, 0.6) is 17.4 Å². The maximum Gasteiger partial charge on any atom is 0.407 e. The van der Waals surface area contributed by atoms with Gasteiger partial charge in [-0.3, -0.25) is 19.1 Å². The summed E-state index contributed by atoms with van der Waals surface area (Å²) >= 11 is 0. The van der Waals surface area contributed by atoms with Gasteiger partial charge in [-0.15, -0.1) is 6.58 Å². The molecule has 57 heavy (non-hydrogen) atoms. The van der Waals surface area contributed by atoms with Crippen LogP contribution in [0.1, 0.15) is 90.0 Å². The third kappa shape index (κ3) is 8.65. The lowest BCUT2D eigenvalue weighted by Gasteiger charge is -2.35. The molecular weight excluding hydrogens is 755 g/mol. The first kappa shape index (κ1) is 40.6. The first-order valence-corrected chi connectivity index (χ1v) is 21.7. The van der Waals surface area contributed by atoms with E-state index in [1.54, 1.807) is 13.2 Å². The second-order valence-electron chi connectivity index (χ2n) is 17.1. The van der Waals surface area contributed by atoms with Gasteiger partial charge in [0.25, 0.3) is 5.91 Å². The van der Waals surface area contributed by atoms with Gasteiger partial charge >= 0.3 is 6.09 Å². The number of methoxy groups -OCH3 is 2. The zero-order valence-electron chi connectivity index (χ0n) is 33.3. The number of nitrogens with one attached hydrogen (secondary N) is 3. The largest absolute Gasteiger partial charge is 0.496 e. The van der Waals surface area contributed by atoms with Crippen LogP contribution in [0.2, 0.25) is 0 Å². The predicted molar refractivity (Wildman–Crippen MR) is 210 cm³/mol. The van der Waals surface area contributed by atoms with Crippen molar-refractivity contribution in [1.29, 1.82) is 0 Å². The Morgan fingerprint density at radius 2 is 1.81 bits per heavy atom. The molecule has 1 saturated heterocycles. The Bertz CT molecular complexity index is 2030. The van der Waals surface area contributed by atoms with Gasteiger partial charge in [-0.2, -0.15) is 0 Å². The Labute approximate surface area is 334 Å². The number of carbonyl (C=O) groups excluding carboxylic acids is 4. The topological polar surface area (TPSA) is 192 Å². The van der Waals surface area contributed by atoms with E-state index in [2.05, 4.69) is 26.9 Å². The summed E-state index contributed by atoms with van der Waals surface area (Å²) in [6.07, 6.45) is 7.61. The highest BCUT2D eigenvalue weighted by Crippen LogP contribution is 2.46. The summed E-state index contributed by atoms with van der Waals surface area (Å²) < 4.78 is 51.6. The minimum atomic E-state index is -3.91. The standard InChI is InChI=1S/C41H55N5O10S/c1-6-26-21-41(26,38(49)45-57(51,52)28-14-15-28)44-36(47)31-18-27-22-46(31)37(48)35(24-11-8-7-9-12-24)43-39(50)55-23-40(2,3)16-10-13-25-17-29-30(19-32(25)53-4)42-34(54-5)20-33(29)56-27/h6,17,19-20,24,26-28,31,35H,1,7-16,18,21-23H2,2-5H3,(H,43,50)(H,44,47)(H,45,49)/t26-,27+,31-,35-,41+/m0/s1. The van der Waals surface area contributed by atoms with Crippen molar-refractivity contribution in [3.8, 4) is 17.4 Å². The third-order valence-electron chi connectivity index (χ3n) is 12.3. The maximum absolute atomic E-state index is 14.9. The van der Waals surface area contributed by atoms with Crippen molar-refractivity contribution in [3.63, 3.8) is 0 Å². The molecule has 3 aliphatic carbocycles. The van der Waals surface area contributed by atoms with Crippen LogP contribution in [0.15, 0.2) is 30.9 Å². The lowest BCUT2D eigenvalue weighted by molar-refractivity contribution is -0.142. The molecule has 310 valence electrons. The van der Waals surface area contributed by atoms with Crippen LogP contribution < -0.4 is 29.6 Å². The number of aromatic nitrogens is 1. The number of pyridine rings is 1. The monoisotopic (exact) mass is 809 g/mol. The predicted octanol–water partition coefficient (Wildman–Crippen LogP) is 4.31. The zero-order chi connectivity index (χ0) is 40.7. The summed E-state index contributed by atoms with van der Waals surface area (Å²) in [6, 6.07) is 3.40. The number of sulfonamides is 1. The van der Waals surface area contributed by atoms with Crippen LogP contribution >= 0.6 is 0 Å². The third-order valence-corrected chi connectivity index (χ3v) is 14.1. The van der Waals surface area contributed by atoms with Crippen LogP contribution in [-0.4, -0.2) is 98.5 Å². The smallest absolute Gasteiger partial charge is 0.407 e. The van der Waals surface area contributed by atoms with E-state index in [0.29, 0.717) is 60.4 Å². The number of ether oxygens (including phenoxy) is 4. The molecule has 3 N–H and O–H groups in total. The van der Waals surface area contributed by atoms with Gasteiger partial charge in [0.1, 0.15) is 35.2 Å². The van der Waals surface area contributed by atoms with Crippen molar-refractivity contribution in [2.75, 3.05) is 27.4 Å². The molecule has 2 aliphatic heterocycles. The van der Waals surface area contributed by atoms with E-state index in [1.807, 2.05) is 26.0 Å². The SMILES string of the molecule is C=C[C@H]1C[C@]1(NC(=O)[C@@H]1C[C@@H]2CN1C(=O)[C@H](C1CCCCC1)NC(=O)OCC(C)(C)CCCc1cc3c(cc(OC)nc3cc1OC)O2)C(=O)NS(=O)(=O)C1CC1. The summed E-state index contributed by atoms with van der Waals surface area (Å²) in [7, 11) is -0.799. The van der Waals surface area contributed by atoms with Crippen molar-refractivity contribution in [2.24, 2.45) is 17.3 Å². The number of fused-ring (bicyclic) bond motifs is 3. The molecule has 0 radical (unpaired) electrons. The minimum Gasteiger partial charge on any atom is -0.496 e. The molecule has 5 atom stereocenters. The van der Waals surface area contributed by atoms with E-state index in [1.165, 1.54) is 18.1 Å². The van der Waals surface area contributed by atoms with E-state index in [0.717, 1.165) is 37.7 Å².